The average Bonchev–Trinajstić information content (AvgIpc) is 2.48. The normalized spacial score (nSPS) is 10.2. The van der Waals surface area contributed by atoms with Crippen LogP contribution < -0.4 is 10.1 Å². The number of amides is 1. The molecule has 2 aromatic carbocycles. The molecule has 2 rings (SSSR count). The van der Waals surface area contributed by atoms with Gasteiger partial charge in [0.1, 0.15) is 5.75 Å². The summed E-state index contributed by atoms with van der Waals surface area (Å²) >= 11 is 11.8. The maximum Gasteiger partial charge on any atom is 0.271 e. The van der Waals surface area contributed by atoms with Crippen molar-refractivity contribution in [2.24, 2.45) is 0 Å². The summed E-state index contributed by atoms with van der Waals surface area (Å²) in [6.07, 6.45) is 0. The van der Waals surface area contributed by atoms with Gasteiger partial charge in [0.05, 0.1) is 15.6 Å². The Balaban J connectivity index is 2.02. The van der Waals surface area contributed by atoms with Gasteiger partial charge < -0.3 is 10.1 Å². The van der Waals surface area contributed by atoms with Gasteiger partial charge in [0, 0.05) is 17.2 Å². The van der Waals surface area contributed by atoms with E-state index in [4.69, 9.17) is 27.9 Å². The molecule has 1 amide bonds. The topological polar surface area (TPSA) is 81.5 Å². The zero-order valence-corrected chi connectivity index (χ0v) is 13.5. The lowest BCUT2D eigenvalue weighted by Crippen LogP contribution is -2.20. The predicted molar refractivity (Wildman–Crippen MR) is 88.4 cm³/mol. The molecule has 0 saturated heterocycles. The number of carbonyl (C=O) groups excluding carboxylic acids is 1. The fraction of sp³-hybridized carbons (Fsp3) is 0.133. The first kappa shape index (κ1) is 17.1. The first-order valence-corrected chi connectivity index (χ1v) is 7.25. The number of hydrogen-bond donors (Lipinski definition) is 1. The Morgan fingerprint density at radius 3 is 2.65 bits per heavy atom. The second-order valence-corrected chi connectivity index (χ2v) is 5.51. The molecule has 23 heavy (non-hydrogen) atoms. The molecule has 2 aromatic rings. The number of anilines is 1. The Bertz CT molecular complexity index is 765. The Morgan fingerprint density at radius 2 is 2.00 bits per heavy atom. The molecule has 120 valence electrons. The third-order valence-corrected chi connectivity index (χ3v) is 3.50. The van der Waals surface area contributed by atoms with E-state index in [1.165, 1.54) is 18.2 Å². The number of carbonyl (C=O) groups is 1. The third kappa shape index (κ3) is 4.58. The summed E-state index contributed by atoms with van der Waals surface area (Å²) in [6.45, 7) is 1.54. The molecule has 0 aromatic heterocycles. The number of hydrogen-bond acceptors (Lipinski definition) is 4. The number of benzene rings is 2. The lowest BCUT2D eigenvalue weighted by molar-refractivity contribution is -0.384. The molecule has 0 bridgehead atoms. The molecule has 0 spiro atoms. The quantitative estimate of drug-likeness (QED) is 0.643. The SMILES string of the molecule is Cc1cc(Cl)ccc1OCC(=O)Nc1cc([N+](=O)[O-])ccc1Cl. The monoisotopic (exact) mass is 354 g/mol. The highest BCUT2D eigenvalue weighted by molar-refractivity contribution is 6.33. The lowest BCUT2D eigenvalue weighted by atomic mass is 10.2. The van der Waals surface area contributed by atoms with Crippen molar-refractivity contribution in [1.29, 1.82) is 0 Å². The van der Waals surface area contributed by atoms with Crippen molar-refractivity contribution in [2.45, 2.75) is 6.92 Å². The molecule has 0 heterocycles. The van der Waals surface area contributed by atoms with Gasteiger partial charge in [0.25, 0.3) is 11.6 Å². The van der Waals surface area contributed by atoms with Crippen LogP contribution in [0.1, 0.15) is 5.56 Å². The van der Waals surface area contributed by atoms with E-state index in [1.807, 2.05) is 0 Å². The van der Waals surface area contributed by atoms with E-state index in [2.05, 4.69) is 5.32 Å². The summed E-state index contributed by atoms with van der Waals surface area (Å²) in [4.78, 5) is 22.1. The van der Waals surface area contributed by atoms with Crippen LogP contribution in [0, 0.1) is 17.0 Å². The van der Waals surface area contributed by atoms with Gasteiger partial charge in [-0.3, -0.25) is 14.9 Å². The van der Waals surface area contributed by atoms with E-state index in [-0.39, 0.29) is 23.0 Å². The van der Waals surface area contributed by atoms with Crippen molar-refractivity contribution in [3.05, 3.63) is 62.1 Å². The van der Waals surface area contributed by atoms with Crippen LogP contribution in [0.15, 0.2) is 36.4 Å². The van der Waals surface area contributed by atoms with Crippen LogP contribution >= 0.6 is 23.2 Å². The van der Waals surface area contributed by atoms with E-state index in [0.717, 1.165) is 5.56 Å². The van der Waals surface area contributed by atoms with Crippen LogP contribution in [0.4, 0.5) is 11.4 Å². The van der Waals surface area contributed by atoms with Crippen LogP contribution in [0.2, 0.25) is 10.0 Å². The number of halogens is 2. The first-order chi connectivity index (χ1) is 10.9. The number of non-ortho nitro benzene ring substituents is 1. The first-order valence-electron chi connectivity index (χ1n) is 6.49. The van der Waals surface area contributed by atoms with Gasteiger partial charge in [0.15, 0.2) is 6.61 Å². The van der Waals surface area contributed by atoms with E-state index in [9.17, 15) is 14.9 Å². The average molecular weight is 355 g/mol. The zero-order chi connectivity index (χ0) is 17.0. The van der Waals surface area contributed by atoms with Crippen LogP contribution in [0.3, 0.4) is 0 Å². The van der Waals surface area contributed by atoms with Crippen molar-refractivity contribution in [2.75, 3.05) is 11.9 Å². The van der Waals surface area contributed by atoms with Crippen molar-refractivity contribution in [3.63, 3.8) is 0 Å². The van der Waals surface area contributed by atoms with Gasteiger partial charge in [-0.25, -0.2) is 0 Å². The molecule has 0 saturated carbocycles. The smallest absolute Gasteiger partial charge is 0.271 e. The minimum Gasteiger partial charge on any atom is -0.483 e. The molecule has 0 aliphatic rings. The zero-order valence-electron chi connectivity index (χ0n) is 12.0. The van der Waals surface area contributed by atoms with E-state index in [0.29, 0.717) is 10.8 Å². The summed E-state index contributed by atoms with van der Waals surface area (Å²) in [6, 6.07) is 8.82. The number of nitro groups is 1. The lowest BCUT2D eigenvalue weighted by Gasteiger charge is -2.10. The molecule has 0 aliphatic carbocycles. The summed E-state index contributed by atoms with van der Waals surface area (Å²) in [5.41, 5.74) is 0.778. The Kier molecular flexibility index (Phi) is 5.41. The van der Waals surface area contributed by atoms with Gasteiger partial charge in [0.2, 0.25) is 0 Å². The van der Waals surface area contributed by atoms with Crippen LogP contribution in [-0.4, -0.2) is 17.4 Å². The van der Waals surface area contributed by atoms with Crippen molar-refractivity contribution < 1.29 is 14.5 Å². The summed E-state index contributed by atoms with van der Waals surface area (Å²) in [5, 5.41) is 14.0. The molecule has 0 unspecified atom stereocenters. The Morgan fingerprint density at radius 1 is 1.26 bits per heavy atom. The maximum atomic E-state index is 11.9. The minimum atomic E-state index is -0.570. The molecular formula is C15H12Cl2N2O4. The third-order valence-electron chi connectivity index (χ3n) is 2.93. The van der Waals surface area contributed by atoms with E-state index in [1.54, 1.807) is 25.1 Å². The fourth-order valence-electron chi connectivity index (χ4n) is 1.83. The van der Waals surface area contributed by atoms with Gasteiger partial charge in [-0.2, -0.15) is 0 Å². The van der Waals surface area contributed by atoms with Crippen molar-refractivity contribution in [3.8, 4) is 5.75 Å². The number of nitro benzene ring substituents is 1. The van der Waals surface area contributed by atoms with Crippen LogP contribution in [0.5, 0.6) is 5.75 Å². The molecule has 8 heteroatoms. The number of aryl methyl sites for hydroxylation is 1. The molecule has 0 fully saturated rings. The Labute approximate surface area is 142 Å². The van der Waals surface area contributed by atoms with Crippen molar-refractivity contribution >= 4 is 40.5 Å². The Hall–Kier alpha value is -2.31. The molecule has 0 aliphatic heterocycles. The van der Waals surface area contributed by atoms with Gasteiger partial charge in [-0.1, -0.05) is 23.2 Å². The standard InChI is InChI=1S/C15H12Cl2N2O4/c1-9-6-10(16)2-5-14(9)23-8-15(20)18-13-7-11(19(21)22)3-4-12(13)17/h2-7H,8H2,1H3,(H,18,20). The minimum absolute atomic E-state index is 0.155. The van der Waals surface area contributed by atoms with Gasteiger partial charge in [-0.05, 0) is 36.8 Å². The largest absolute Gasteiger partial charge is 0.483 e. The summed E-state index contributed by atoms with van der Waals surface area (Å²) < 4.78 is 5.40. The second-order valence-electron chi connectivity index (χ2n) is 4.67. The van der Waals surface area contributed by atoms with Gasteiger partial charge in [-0.15, -0.1) is 0 Å². The number of nitrogens with one attached hydrogen (secondary N) is 1. The molecule has 1 N–H and O–H groups in total. The number of rotatable bonds is 5. The predicted octanol–water partition coefficient (Wildman–Crippen LogP) is 4.23. The highest BCUT2D eigenvalue weighted by Gasteiger charge is 2.13. The molecular weight excluding hydrogens is 343 g/mol. The number of nitrogens with zero attached hydrogens (tertiary/aromatic N) is 1. The molecule has 0 atom stereocenters. The van der Waals surface area contributed by atoms with Crippen molar-refractivity contribution in [1.82, 2.24) is 0 Å². The summed E-state index contributed by atoms with van der Waals surface area (Å²) in [5.74, 6) is 0.0384. The second kappa shape index (κ2) is 7.30. The van der Waals surface area contributed by atoms with E-state index < -0.39 is 10.8 Å². The molecule has 0 radical (unpaired) electrons. The maximum absolute atomic E-state index is 11.9. The van der Waals surface area contributed by atoms with Gasteiger partial charge >= 0.3 is 0 Å². The summed E-state index contributed by atoms with van der Waals surface area (Å²) in [7, 11) is 0. The highest BCUT2D eigenvalue weighted by atomic mass is 35.5. The fourth-order valence-corrected chi connectivity index (χ4v) is 2.22. The molecule has 6 nitrogen and oxygen atoms in total. The van der Waals surface area contributed by atoms with Crippen LogP contribution in [0.25, 0.3) is 0 Å². The van der Waals surface area contributed by atoms with Crippen LogP contribution in [-0.2, 0) is 4.79 Å². The number of ether oxygens (including phenoxy) is 1. The van der Waals surface area contributed by atoms with E-state index >= 15 is 0 Å². The highest BCUT2D eigenvalue weighted by Crippen LogP contribution is 2.27.